The summed E-state index contributed by atoms with van der Waals surface area (Å²) in [6, 6.07) is 12.2. The summed E-state index contributed by atoms with van der Waals surface area (Å²) >= 11 is 1.34. The molecular weight excluding hydrogens is 576 g/mol. The highest BCUT2D eigenvalue weighted by atomic mass is 32.1. The molecule has 10 heteroatoms. The van der Waals surface area contributed by atoms with Crippen LogP contribution in [0.15, 0.2) is 54.2 Å². The highest BCUT2D eigenvalue weighted by Crippen LogP contribution is 2.46. The third-order valence-corrected chi connectivity index (χ3v) is 8.82. The smallest absolute Gasteiger partial charge is 0.301 e. The highest BCUT2D eigenvalue weighted by Gasteiger charge is 2.49. The lowest BCUT2D eigenvalue weighted by atomic mass is 9.96. The minimum absolute atomic E-state index is 0.0593. The molecule has 2 aromatic carbocycles. The zero-order chi connectivity index (χ0) is 31.3. The number of pyridine rings is 1. The minimum atomic E-state index is -0.985. The van der Waals surface area contributed by atoms with Gasteiger partial charge in [0.25, 0.3) is 5.78 Å². The van der Waals surface area contributed by atoms with Gasteiger partial charge in [0, 0.05) is 6.20 Å². The first-order valence-corrected chi connectivity index (χ1v) is 15.5. The summed E-state index contributed by atoms with van der Waals surface area (Å²) in [7, 11) is 0. The van der Waals surface area contributed by atoms with Crippen molar-refractivity contribution in [1.82, 2.24) is 14.4 Å². The van der Waals surface area contributed by atoms with Gasteiger partial charge in [-0.3, -0.25) is 14.5 Å². The molecule has 1 amide bonds. The number of anilines is 1. The van der Waals surface area contributed by atoms with Crippen LogP contribution in [0.2, 0.25) is 0 Å². The number of hydrogen-bond donors (Lipinski definition) is 1. The Labute approximate surface area is 259 Å². The number of nitrogens with zero attached hydrogens (tertiary/aromatic N) is 4. The maximum atomic E-state index is 13.9. The van der Waals surface area contributed by atoms with Crippen molar-refractivity contribution in [3.8, 4) is 11.5 Å². The van der Waals surface area contributed by atoms with Crippen LogP contribution in [-0.4, -0.2) is 44.4 Å². The number of ketones is 1. The molecule has 1 aliphatic rings. The topological polar surface area (TPSA) is 106 Å². The lowest BCUT2D eigenvalue weighted by molar-refractivity contribution is -0.132. The second-order valence-electron chi connectivity index (χ2n) is 11.0. The maximum absolute atomic E-state index is 13.9. The fraction of sp³-hybridized carbons (Fsp3) is 0.294. The van der Waals surface area contributed by atoms with Gasteiger partial charge < -0.3 is 19.0 Å². The fourth-order valence-corrected chi connectivity index (χ4v) is 6.94. The van der Waals surface area contributed by atoms with E-state index in [4.69, 9.17) is 19.4 Å². The summed E-state index contributed by atoms with van der Waals surface area (Å²) in [5.41, 5.74) is 5.79. The second kappa shape index (κ2) is 11.4. The van der Waals surface area contributed by atoms with E-state index < -0.39 is 17.7 Å². The van der Waals surface area contributed by atoms with E-state index in [1.807, 2.05) is 76.4 Å². The molecule has 1 N–H and O–H groups in total. The van der Waals surface area contributed by atoms with Gasteiger partial charge in [0.15, 0.2) is 22.4 Å². The molecule has 1 atom stereocenters. The van der Waals surface area contributed by atoms with Crippen molar-refractivity contribution in [3.05, 3.63) is 87.9 Å². The van der Waals surface area contributed by atoms with Gasteiger partial charge in [-0.15, -0.1) is 0 Å². The van der Waals surface area contributed by atoms with Crippen LogP contribution in [0.5, 0.6) is 11.5 Å². The van der Waals surface area contributed by atoms with Crippen LogP contribution in [0, 0.1) is 27.7 Å². The van der Waals surface area contributed by atoms with Crippen LogP contribution in [0.25, 0.3) is 21.6 Å². The first kappa shape index (κ1) is 29.4. The summed E-state index contributed by atoms with van der Waals surface area (Å²) in [6.45, 7) is 12.5. The number of benzene rings is 2. The molecule has 1 fully saturated rings. The van der Waals surface area contributed by atoms with Crippen molar-refractivity contribution in [2.75, 3.05) is 18.1 Å². The summed E-state index contributed by atoms with van der Waals surface area (Å²) in [4.78, 5) is 38.8. The molecule has 1 unspecified atom stereocenters. The Kier molecular flexibility index (Phi) is 7.63. The molecule has 5 aromatic rings. The number of thiazole rings is 1. The first-order chi connectivity index (χ1) is 21.1. The SMILES string of the molecule is CCCOc1ccc(C2/C(=C(\O)c3nc4c(C)cccn4c3C)C(=O)C(=O)N2c2nc3c(C)cc(C)cc3s2)cc1OCC. The van der Waals surface area contributed by atoms with Crippen molar-refractivity contribution in [2.24, 2.45) is 0 Å². The Morgan fingerprint density at radius 1 is 0.977 bits per heavy atom. The van der Waals surface area contributed by atoms with E-state index in [1.54, 1.807) is 18.2 Å². The van der Waals surface area contributed by atoms with E-state index in [0.29, 0.717) is 46.7 Å². The van der Waals surface area contributed by atoms with Gasteiger partial charge in [-0.05, 0) is 87.6 Å². The maximum Gasteiger partial charge on any atom is 0.301 e. The zero-order valence-corrected chi connectivity index (χ0v) is 26.4. The van der Waals surface area contributed by atoms with Crippen LogP contribution in [0.3, 0.4) is 0 Å². The van der Waals surface area contributed by atoms with Crippen molar-refractivity contribution in [1.29, 1.82) is 0 Å². The van der Waals surface area contributed by atoms with Crippen LogP contribution in [-0.2, 0) is 9.59 Å². The van der Waals surface area contributed by atoms with E-state index in [2.05, 4.69) is 0 Å². The Bertz CT molecular complexity index is 1990. The number of hydrogen-bond acceptors (Lipinski definition) is 8. The number of fused-ring (bicyclic) bond motifs is 2. The molecule has 6 rings (SSSR count). The van der Waals surface area contributed by atoms with Gasteiger partial charge in [0.1, 0.15) is 11.3 Å². The predicted molar refractivity (Wildman–Crippen MR) is 172 cm³/mol. The predicted octanol–water partition coefficient (Wildman–Crippen LogP) is 6.99. The lowest BCUT2D eigenvalue weighted by Gasteiger charge is -2.24. The molecular formula is C34H34N4O5S. The standard InChI is InChI=1S/C34H34N4O5S/c1-7-14-43-23-12-11-22(17-24(23)42-8-2)29-26(30(39)28-21(6)37-13-9-10-19(4)32(37)35-28)31(40)33(41)38(29)34-36-27-20(5)15-18(3)16-25(27)44-34/h9-13,15-17,29,39H,7-8,14H2,1-6H3/b30-26+. The number of aryl methyl sites for hydroxylation is 4. The summed E-state index contributed by atoms with van der Waals surface area (Å²) < 4.78 is 14.6. The van der Waals surface area contributed by atoms with E-state index >= 15 is 0 Å². The third-order valence-electron chi connectivity index (χ3n) is 7.82. The monoisotopic (exact) mass is 610 g/mol. The number of imidazole rings is 1. The molecule has 4 heterocycles. The van der Waals surface area contributed by atoms with Gasteiger partial charge in [-0.1, -0.05) is 36.5 Å². The van der Waals surface area contributed by atoms with Crippen LogP contribution < -0.4 is 14.4 Å². The van der Waals surface area contributed by atoms with Crippen molar-refractivity contribution in [2.45, 2.75) is 54.0 Å². The molecule has 3 aromatic heterocycles. The normalized spacial score (nSPS) is 16.4. The summed E-state index contributed by atoms with van der Waals surface area (Å²) in [6.07, 6.45) is 2.67. The van der Waals surface area contributed by atoms with Gasteiger partial charge in [0.2, 0.25) is 0 Å². The van der Waals surface area contributed by atoms with E-state index in [9.17, 15) is 14.7 Å². The van der Waals surface area contributed by atoms with Gasteiger partial charge in [-0.2, -0.15) is 0 Å². The van der Waals surface area contributed by atoms with E-state index in [-0.39, 0.29) is 17.0 Å². The molecule has 0 radical (unpaired) electrons. The number of ether oxygens (including phenoxy) is 2. The molecule has 1 saturated heterocycles. The number of aromatic nitrogens is 3. The molecule has 226 valence electrons. The van der Waals surface area contributed by atoms with Crippen LogP contribution in [0.4, 0.5) is 5.13 Å². The number of rotatable bonds is 8. The lowest BCUT2D eigenvalue weighted by Crippen LogP contribution is -2.29. The number of Topliss-reactive ketones (excluding diaryl/α,β-unsaturated/α-hetero) is 1. The van der Waals surface area contributed by atoms with E-state index in [0.717, 1.165) is 33.3 Å². The molecule has 0 saturated carbocycles. The second-order valence-corrected chi connectivity index (χ2v) is 12.0. The van der Waals surface area contributed by atoms with Crippen molar-refractivity contribution < 1.29 is 24.2 Å². The molecule has 44 heavy (non-hydrogen) atoms. The summed E-state index contributed by atoms with van der Waals surface area (Å²) in [5.74, 6) is -0.871. The average Bonchev–Trinajstić information content (AvgIpc) is 3.65. The Morgan fingerprint density at radius 3 is 2.50 bits per heavy atom. The van der Waals surface area contributed by atoms with E-state index in [1.165, 1.54) is 16.2 Å². The summed E-state index contributed by atoms with van der Waals surface area (Å²) in [5, 5.41) is 12.2. The Hall–Kier alpha value is -4.70. The highest BCUT2D eigenvalue weighted by molar-refractivity contribution is 7.22. The number of aliphatic hydroxyl groups is 1. The quantitative estimate of drug-likeness (QED) is 0.115. The van der Waals surface area contributed by atoms with Crippen molar-refractivity contribution >= 4 is 49.8 Å². The molecule has 1 aliphatic heterocycles. The molecule has 0 bridgehead atoms. The number of aliphatic hydroxyl groups excluding tert-OH is 1. The van der Waals surface area contributed by atoms with Gasteiger partial charge in [-0.25, -0.2) is 9.97 Å². The third kappa shape index (κ3) is 4.79. The molecule has 9 nitrogen and oxygen atoms in total. The Balaban J connectivity index is 1.60. The number of carbonyl (C=O) groups excluding carboxylic acids is 2. The fourth-order valence-electron chi connectivity index (χ4n) is 5.78. The zero-order valence-electron chi connectivity index (χ0n) is 25.6. The number of carbonyl (C=O) groups is 2. The van der Waals surface area contributed by atoms with Gasteiger partial charge in [0.05, 0.1) is 40.7 Å². The van der Waals surface area contributed by atoms with Gasteiger partial charge >= 0.3 is 5.91 Å². The average molecular weight is 611 g/mol. The first-order valence-electron chi connectivity index (χ1n) is 14.7. The molecule has 0 spiro atoms. The van der Waals surface area contributed by atoms with Crippen LogP contribution in [0.1, 0.15) is 60.0 Å². The number of amides is 1. The minimum Gasteiger partial charge on any atom is -0.505 e. The Morgan fingerprint density at radius 2 is 1.77 bits per heavy atom. The van der Waals surface area contributed by atoms with Crippen molar-refractivity contribution in [3.63, 3.8) is 0 Å². The largest absolute Gasteiger partial charge is 0.505 e. The van der Waals surface area contributed by atoms with Crippen LogP contribution >= 0.6 is 11.3 Å². The molecule has 0 aliphatic carbocycles.